The van der Waals surface area contributed by atoms with Crippen molar-refractivity contribution in [1.29, 1.82) is 0 Å². The Morgan fingerprint density at radius 3 is 2.50 bits per heavy atom. The van der Waals surface area contributed by atoms with Crippen molar-refractivity contribution in [2.45, 2.75) is 29.1 Å². The zero-order valence-corrected chi connectivity index (χ0v) is 13.7. The van der Waals surface area contributed by atoms with Crippen LogP contribution in [0.5, 0.6) is 0 Å². The highest BCUT2D eigenvalue weighted by molar-refractivity contribution is 7.91. The number of hydrogen-bond acceptors (Lipinski definition) is 5. The maximum atomic E-state index is 12.2. The lowest BCUT2D eigenvalue weighted by Crippen LogP contribution is -2.31. The predicted octanol–water partition coefficient (Wildman–Crippen LogP) is 1.25. The molecule has 8 heteroatoms. The summed E-state index contributed by atoms with van der Waals surface area (Å²) in [6, 6.07) is 4.93. The van der Waals surface area contributed by atoms with Crippen molar-refractivity contribution in [1.82, 2.24) is 4.72 Å². The van der Waals surface area contributed by atoms with Crippen LogP contribution in [0, 0.1) is 5.92 Å². The van der Waals surface area contributed by atoms with E-state index in [1.54, 1.807) is 0 Å². The van der Waals surface area contributed by atoms with Gasteiger partial charge in [0.25, 0.3) is 10.0 Å². The summed E-state index contributed by atoms with van der Waals surface area (Å²) in [4.78, 5) is 11.5. The van der Waals surface area contributed by atoms with E-state index in [4.69, 9.17) is 0 Å². The number of carbonyl (C=O) groups is 1. The van der Waals surface area contributed by atoms with E-state index in [9.17, 15) is 21.6 Å². The lowest BCUT2D eigenvalue weighted by molar-refractivity contribution is -0.119. The first kappa shape index (κ1) is 16.7. The largest absolute Gasteiger partial charge is 0.274 e. The summed E-state index contributed by atoms with van der Waals surface area (Å²) in [5.41, 5.74) is 0. The van der Waals surface area contributed by atoms with Crippen LogP contribution < -0.4 is 4.72 Å². The quantitative estimate of drug-likeness (QED) is 0.812. The van der Waals surface area contributed by atoms with E-state index in [0.717, 1.165) is 25.2 Å². The Bertz CT molecular complexity index is 809. The molecular formula is C14H17NO5S2. The van der Waals surface area contributed by atoms with Gasteiger partial charge in [-0.1, -0.05) is 18.2 Å². The first-order chi connectivity index (χ1) is 10.2. The standard InChI is InChI=1S/C14H17NO5S2/c1-21(17,18)12-7-4-8-13(10-12)22(19,20)15-14(16)9-11-5-2-3-6-11/h2,4-5,7-8,10-11H,3,6,9H2,1H3,(H,15,16)/t11-/m1/s1. The number of nitrogens with one attached hydrogen (secondary N) is 1. The number of rotatable bonds is 5. The van der Waals surface area contributed by atoms with Crippen LogP contribution >= 0.6 is 0 Å². The minimum atomic E-state index is -4.07. The van der Waals surface area contributed by atoms with Crippen molar-refractivity contribution < 1.29 is 21.6 Å². The van der Waals surface area contributed by atoms with Crippen molar-refractivity contribution in [3.8, 4) is 0 Å². The zero-order chi connectivity index (χ0) is 16.4. The van der Waals surface area contributed by atoms with Gasteiger partial charge in [0.15, 0.2) is 9.84 Å². The maximum absolute atomic E-state index is 12.2. The normalized spacial score (nSPS) is 18.3. The number of sulfonamides is 1. The Hall–Kier alpha value is -1.67. The molecule has 1 aliphatic rings. The predicted molar refractivity (Wildman–Crippen MR) is 81.4 cm³/mol. The minimum absolute atomic E-state index is 0.0533. The van der Waals surface area contributed by atoms with Crippen LogP contribution in [0.2, 0.25) is 0 Å². The van der Waals surface area contributed by atoms with Gasteiger partial charge >= 0.3 is 0 Å². The summed E-state index contributed by atoms with van der Waals surface area (Å²) < 4.78 is 49.2. The highest BCUT2D eigenvalue weighted by Gasteiger charge is 2.22. The molecule has 120 valence electrons. The number of amides is 1. The molecule has 0 saturated carbocycles. The molecule has 1 amide bonds. The molecule has 1 aromatic carbocycles. The van der Waals surface area contributed by atoms with Crippen LogP contribution in [0.25, 0.3) is 0 Å². The van der Waals surface area contributed by atoms with Crippen LogP contribution in [0.3, 0.4) is 0 Å². The molecule has 1 aromatic rings. The number of hydrogen-bond donors (Lipinski definition) is 1. The number of carbonyl (C=O) groups excluding carboxylic acids is 1. The maximum Gasteiger partial charge on any atom is 0.264 e. The molecule has 0 radical (unpaired) electrons. The molecule has 0 spiro atoms. The van der Waals surface area contributed by atoms with E-state index in [-0.39, 0.29) is 22.1 Å². The highest BCUT2D eigenvalue weighted by Crippen LogP contribution is 2.21. The molecule has 0 aliphatic heterocycles. The van der Waals surface area contributed by atoms with E-state index in [0.29, 0.717) is 0 Å². The molecular weight excluding hydrogens is 326 g/mol. The van der Waals surface area contributed by atoms with Gasteiger partial charge in [0.05, 0.1) is 9.79 Å². The molecule has 1 N–H and O–H groups in total. The van der Waals surface area contributed by atoms with Gasteiger partial charge in [0.2, 0.25) is 5.91 Å². The third-order valence-electron chi connectivity index (χ3n) is 3.35. The minimum Gasteiger partial charge on any atom is -0.274 e. The van der Waals surface area contributed by atoms with E-state index < -0.39 is 25.8 Å². The molecule has 1 atom stereocenters. The van der Waals surface area contributed by atoms with E-state index in [2.05, 4.69) is 0 Å². The van der Waals surface area contributed by atoms with Crippen LogP contribution in [0.4, 0.5) is 0 Å². The fourth-order valence-corrected chi connectivity index (χ4v) is 4.01. The molecule has 0 heterocycles. The average molecular weight is 343 g/mol. The third-order valence-corrected chi connectivity index (χ3v) is 5.83. The van der Waals surface area contributed by atoms with Crippen LogP contribution in [0.1, 0.15) is 19.3 Å². The first-order valence-electron chi connectivity index (χ1n) is 6.71. The molecule has 0 fully saturated rings. The van der Waals surface area contributed by atoms with Crippen LogP contribution in [-0.4, -0.2) is 29.0 Å². The van der Waals surface area contributed by atoms with Gasteiger partial charge in [0, 0.05) is 12.7 Å². The Morgan fingerprint density at radius 2 is 1.91 bits per heavy atom. The zero-order valence-electron chi connectivity index (χ0n) is 12.0. The fraction of sp³-hybridized carbons (Fsp3) is 0.357. The van der Waals surface area contributed by atoms with Crippen molar-refractivity contribution in [3.05, 3.63) is 36.4 Å². The molecule has 0 unspecified atom stereocenters. The molecule has 1 aliphatic carbocycles. The summed E-state index contributed by atoms with van der Waals surface area (Å²) >= 11 is 0. The Labute approximate surface area is 130 Å². The summed E-state index contributed by atoms with van der Waals surface area (Å²) in [5.74, 6) is -0.543. The topological polar surface area (TPSA) is 97.4 Å². The summed E-state index contributed by atoms with van der Waals surface area (Å²) in [6.07, 6.45) is 6.67. The second kappa shape index (κ2) is 6.21. The second-order valence-corrected chi connectivity index (χ2v) is 8.94. The lowest BCUT2D eigenvalue weighted by atomic mass is 10.1. The van der Waals surface area contributed by atoms with E-state index in [1.807, 2.05) is 16.9 Å². The van der Waals surface area contributed by atoms with Gasteiger partial charge < -0.3 is 0 Å². The molecule has 22 heavy (non-hydrogen) atoms. The van der Waals surface area contributed by atoms with Gasteiger partial charge in [-0.25, -0.2) is 21.6 Å². The monoisotopic (exact) mass is 343 g/mol. The van der Waals surface area contributed by atoms with Crippen LogP contribution in [-0.2, 0) is 24.7 Å². The number of sulfone groups is 1. The third kappa shape index (κ3) is 4.17. The van der Waals surface area contributed by atoms with Gasteiger partial charge in [0.1, 0.15) is 0 Å². The van der Waals surface area contributed by atoms with Gasteiger partial charge in [-0.05, 0) is 37.0 Å². The summed E-state index contributed by atoms with van der Waals surface area (Å²) in [5, 5.41) is 0. The highest BCUT2D eigenvalue weighted by atomic mass is 32.2. The first-order valence-corrected chi connectivity index (χ1v) is 10.1. The average Bonchev–Trinajstić information content (AvgIpc) is 2.90. The number of benzene rings is 1. The van der Waals surface area contributed by atoms with Crippen molar-refractivity contribution >= 4 is 25.8 Å². The molecule has 0 saturated heterocycles. The SMILES string of the molecule is CS(=O)(=O)c1cccc(S(=O)(=O)NC(=O)C[C@@H]2C=CCC2)c1. The number of allylic oxidation sites excluding steroid dienone is 2. The molecule has 2 rings (SSSR count). The second-order valence-electron chi connectivity index (χ2n) is 5.25. The van der Waals surface area contributed by atoms with Crippen molar-refractivity contribution in [2.75, 3.05) is 6.26 Å². The lowest BCUT2D eigenvalue weighted by Gasteiger charge is -2.10. The Kier molecular flexibility index (Phi) is 4.72. The Morgan fingerprint density at radius 1 is 1.23 bits per heavy atom. The van der Waals surface area contributed by atoms with Crippen molar-refractivity contribution in [2.24, 2.45) is 5.92 Å². The van der Waals surface area contributed by atoms with Crippen LogP contribution in [0.15, 0.2) is 46.2 Å². The molecule has 6 nitrogen and oxygen atoms in total. The molecule has 0 bridgehead atoms. The van der Waals surface area contributed by atoms with E-state index >= 15 is 0 Å². The van der Waals surface area contributed by atoms with Crippen molar-refractivity contribution in [3.63, 3.8) is 0 Å². The van der Waals surface area contributed by atoms with E-state index in [1.165, 1.54) is 18.2 Å². The van der Waals surface area contributed by atoms with Gasteiger partial charge in [-0.3, -0.25) is 4.79 Å². The summed E-state index contributed by atoms with van der Waals surface area (Å²) in [7, 11) is -7.59. The van der Waals surface area contributed by atoms with Gasteiger partial charge in [-0.15, -0.1) is 0 Å². The van der Waals surface area contributed by atoms with Gasteiger partial charge in [-0.2, -0.15) is 0 Å². The Balaban J connectivity index is 2.16. The summed E-state index contributed by atoms with van der Waals surface area (Å²) in [6.45, 7) is 0. The fourth-order valence-electron chi connectivity index (χ4n) is 2.23. The smallest absolute Gasteiger partial charge is 0.264 e. The molecule has 0 aromatic heterocycles.